The fourth-order valence-corrected chi connectivity index (χ4v) is 0.812. The Morgan fingerprint density at radius 2 is 2.54 bits per heavy atom. The van der Waals surface area contributed by atoms with Crippen LogP contribution in [-0.4, -0.2) is 18.1 Å². The molecule has 1 atom stereocenters. The van der Waals surface area contributed by atoms with Gasteiger partial charge in [-0.05, 0) is 6.92 Å². The zero-order valence-corrected chi connectivity index (χ0v) is 7.61. The highest BCUT2D eigenvalue weighted by atomic mass is 16.5. The van der Waals surface area contributed by atoms with Crippen molar-refractivity contribution in [2.24, 2.45) is 5.73 Å². The summed E-state index contributed by atoms with van der Waals surface area (Å²) in [6.45, 7) is 1.78. The highest BCUT2D eigenvalue weighted by Gasteiger charge is 2.11. The van der Waals surface area contributed by atoms with Crippen LogP contribution in [0.1, 0.15) is 24.6 Å². The Kier molecular flexibility index (Phi) is 3.02. The molecule has 0 aliphatic carbocycles. The van der Waals surface area contributed by atoms with Crippen LogP contribution in [0.4, 0.5) is 0 Å². The van der Waals surface area contributed by atoms with Crippen molar-refractivity contribution in [3.63, 3.8) is 0 Å². The Hall–Kier alpha value is -1.36. The predicted molar refractivity (Wildman–Crippen MR) is 44.8 cm³/mol. The number of esters is 1. The standard InChI is InChI=1S/C8H12N2O3/c1-5(9)6-4-10-7(13-6)3-8(11)12-2/h4-5H,3,9H2,1-2H3. The number of ether oxygens (including phenoxy) is 1. The number of aromatic nitrogens is 1. The highest BCUT2D eigenvalue weighted by Crippen LogP contribution is 2.11. The van der Waals surface area contributed by atoms with Gasteiger partial charge in [0.15, 0.2) is 0 Å². The largest absolute Gasteiger partial charge is 0.469 e. The fraction of sp³-hybridized carbons (Fsp3) is 0.500. The second-order valence-corrected chi connectivity index (χ2v) is 2.70. The third-order valence-electron chi connectivity index (χ3n) is 1.54. The number of rotatable bonds is 3. The van der Waals surface area contributed by atoms with E-state index in [0.717, 1.165) is 0 Å². The molecule has 0 spiro atoms. The smallest absolute Gasteiger partial charge is 0.314 e. The lowest BCUT2D eigenvalue weighted by atomic mass is 10.3. The molecule has 0 aliphatic heterocycles. The zero-order valence-electron chi connectivity index (χ0n) is 7.61. The molecule has 0 bridgehead atoms. The van der Waals surface area contributed by atoms with Crippen molar-refractivity contribution in [3.05, 3.63) is 17.8 Å². The number of nitrogens with zero attached hydrogens (tertiary/aromatic N) is 1. The van der Waals surface area contributed by atoms with Crippen molar-refractivity contribution >= 4 is 5.97 Å². The topological polar surface area (TPSA) is 78.3 Å². The predicted octanol–water partition coefficient (Wildman–Crippen LogP) is 0.410. The first-order valence-corrected chi connectivity index (χ1v) is 3.90. The summed E-state index contributed by atoms with van der Waals surface area (Å²) in [7, 11) is 1.32. The van der Waals surface area contributed by atoms with Gasteiger partial charge >= 0.3 is 5.97 Å². The second kappa shape index (κ2) is 4.04. The van der Waals surface area contributed by atoms with Crippen molar-refractivity contribution < 1.29 is 13.9 Å². The first kappa shape index (κ1) is 9.73. The minimum Gasteiger partial charge on any atom is -0.469 e. The van der Waals surface area contributed by atoms with Crippen molar-refractivity contribution in [1.82, 2.24) is 4.98 Å². The Morgan fingerprint density at radius 1 is 1.85 bits per heavy atom. The molecule has 5 heteroatoms. The van der Waals surface area contributed by atoms with Crippen LogP contribution in [0, 0.1) is 0 Å². The number of carbonyl (C=O) groups excluding carboxylic acids is 1. The minimum absolute atomic E-state index is 0.0449. The van der Waals surface area contributed by atoms with E-state index in [0.29, 0.717) is 11.7 Å². The molecule has 1 aromatic rings. The summed E-state index contributed by atoms with van der Waals surface area (Å²) in [5.41, 5.74) is 5.54. The normalized spacial score (nSPS) is 12.5. The van der Waals surface area contributed by atoms with E-state index in [4.69, 9.17) is 10.2 Å². The van der Waals surface area contributed by atoms with Crippen molar-refractivity contribution in [3.8, 4) is 0 Å². The van der Waals surface area contributed by atoms with Crippen LogP contribution in [0.5, 0.6) is 0 Å². The van der Waals surface area contributed by atoms with Crippen LogP contribution in [0.2, 0.25) is 0 Å². The molecule has 1 aromatic heterocycles. The van der Waals surface area contributed by atoms with E-state index >= 15 is 0 Å². The van der Waals surface area contributed by atoms with E-state index in [-0.39, 0.29) is 18.4 Å². The number of oxazole rings is 1. The first-order chi connectivity index (χ1) is 6.13. The maximum absolute atomic E-state index is 10.8. The lowest BCUT2D eigenvalue weighted by Gasteiger charge is -1.97. The molecular weight excluding hydrogens is 172 g/mol. The van der Waals surface area contributed by atoms with Gasteiger partial charge in [0.2, 0.25) is 5.89 Å². The van der Waals surface area contributed by atoms with Crippen LogP contribution in [0.15, 0.2) is 10.6 Å². The molecule has 5 nitrogen and oxygen atoms in total. The molecule has 0 fully saturated rings. The minimum atomic E-state index is -0.377. The summed E-state index contributed by atoms with van der Waals surface area (Å²) in [6.07, 6.45) is 1.56. The third kappa shape index (κ3) is 2.55. The molecule has 0 saturated carbocycles. The Bertz CT molecular complexity index is 293. The van der Waals surface area contributed by atoms with Gasteiger partial charge in [-0.2, -0.15) is 0 Å². The van der Waals surface area contributed by atoms with Crippen molar-refractivity contribution in [2.75, 3.05) is 7.11 Å². The Morgan fingerprint density at radius 3 is 3.00 bits per heavy atom. The van der Waals surface area contributed by atoms with E-state index in [9.17, 15) is 4.79 Å². The number of hydrogen-bond donors (Lipinski definition) is 1. The molecule has 2 N–H and O–H groups in total. The van der Waals surface area contributed by atoms with Crippen LogP contribution >= 0.6 is 0 Å². The van der Waals surface area contributed by atoms with Gasteiger partial charge in [-0.1, -0.05) is 0 Å². The lowest BCUT2D eigenvalue weighted by Crippen LogP contribution is -2.05. The van der Waals surface area contributed by atoms with Gasteiger partial charge in [-0.15, -0.1) is 0 Å². The fourth-order valence-electron chi connectivity index (χ4n) is 0.812. The molecular formula is C8H12N2O3. The van der Waals surface area contributed by atoms with E-state index in [1.54, 1.807) is 6.92 Å². The molecule has 72 valence electrons. The van der Waals surface area contributed by atoms with E-state index in [2.05, 4.69) is 9.72 Å². The molecule has 1 rings (SSSR count). The van der Waals surface area contributed by atoms with E-state index < -0.39 is 0 Å². The summed E-state index contributed by atoms with van der Waals surface area (Å²) in [5, 5.41) is 0. The van der Waals surface area contributed by atoms with Gasteiger partial charge < -0.3 is 14.9 Å². The van der Waals surface area contributed by atoms with Gasteiger partial charge in [-0.3, -0.25) is 4.79 Å². The van der Waals surface area contributed by atoms with Crippen LogP contribution in [0.25, 0.3) is 0 Å². The average molecular weight is 184 g/mol. The van der Waals surface area contributed by atoms with E-state index in [1.165, 1.54) is 13.3 Å². The van der Waals surface area contributed by atoms with Gasteiger partial charge in [0.25, 0.3) is 0 Å². The molecule has 0 radical (unpaired) electrons. The highest BCUT2D eigenvalue weighted by molar-refractivity contribution is 5.71. The van der Waals surface area contributed by atoms with Gasteiger partial charge in [0, 0.05) is 0 Å². The molecule has 0 amide bonds. The third-order valence-corrected chi connectivity index (χ3v) is 1.54. The summed E-state index contributed by atoms with van der Waals surface area (Å²) in [4.78, 5) is 14.7. The molecule has 0 aliphatic rings. The SMILES string of the molecule is COC(=O)Cc1ncc(C(C)N)o1. The number of methoxy groups -OCH3 is 1. The monoisotopic (exact) mass is 184 g/mol. The van der Waals surface area contributed by atoms with Gasteiger partial charge in [0.1, 0.15) is 12.2 Å². The van der Waals surface area contributed by atoms with Crippen molar-refractivity contribution in [1.29, 1.82) is 0 Å². The van der Waals surface area contributed by atoms with Crippen LogP contribution in [-0.2, 0) is 16.0 Å². The maximum atomic E-state index is 10.8. The van der Waals surface area contributed by atoms with Crippen LogP contribution in [0.3, 0.4) is 0 Å². The molecule has 13 heavy (non-hydrogen) atoms. The molecule has 0 aromatic carbocycles. The van der Waals surface area contributed by atoms with Crippen LogP contribution < -0.4 is 5.73 Å². The second-order valence-electron chi connectivity index (χ2n) is 2.70. The average Bonchev–Trinajstić information content (AvgIpc) is 2.52. The number of carbonyl (C=O) groups is 1. The zero-order chi connectivity index (χ0) is 9.84. The van der Waals surface area contributed by atoms with Gasteiger partial charge in [-0.25, -0.2) is 4.98 Å². The Labute approximate surface area is 75.9 Å². The van der Waals surface area contributed by atoms with Crippen molar-refractivity contribution in [2.45, 2.75) is 19.4 Å². The van der Waals surface area contributed by atoms with E-state index in [1.807, 2.05) is 0 Å². The number of hydrogen-bond acceptors (Lipinski definition) is 5. The summed E-state index contributed by atoms with van der Waals surface area (Å²) in [6, 6.07) is -0.209. The molecule has 1 unspecified atom stereocenters. The quantitative estimate of drug-likeness (QED) is 0.688. The molecule has 1 heterocycles. The molecule has 0 saturated heterocycles. The van der Waals surface area contributed by atoms with Gasteiger partial charge in [0.05, 0.1) is 19.3 Å². The first-order valence-electron chi connectivity index (χ1n) is 3.90. The summed E-state index contributed by atoms with van der Waals surface area (Å²) < 4.78 is 9.63. The summed E-state index contributed by atoms with van der Waals surface area (Å²) >= 11 is 0. The maximum Gasteiger partial charge on any atom is 0.314 e. The number of nitrogens with two attached hydrogens (primary N) is 1. The Balaban J connectivity index is 2.64. The summed E-state index contributed by atoms with van der Waals surface area (Å²) in [5.74, 6) is 0.524. The lowest BCUT2D eigenvalue weighted by molar-refractivity contribution is -0.140.